The third kappa shape index (κ3) is 1.66. The van der Waals surface area contributed by atoms with E-state index < -0.39 is 5.97 Å². The molecule has 84 valence electrons. The van der Waals surface area contributed by atoms with Crippen LogP contribution in [0.15, 0.2) is 24.4 Å². The normalized spacial score (nSPS) is 12.9. The van der Waals surface area contributed by atoms with Crippen molar-refractivity contribution in [2.75, 3.05) is 0 Å². The largest absolute Gasteiger partial charge is 0.477 e. The molecular formula is C12H14N2O2. The fourth-order valence-electron chi connectivity index (χ4n) is 1.65. The molecule has 2 aromatic rings. The van der Waals surface area contributed by atoms with Gasteiger partial charge in [0.1, 0.15) is 11.3 Å². The van der Waals surface area contributed by atoms with Gasteiger partial charge in [0.15, 0.2) is 0 Å². The number of fused-ring (bicyclic) bond motifs is 1. The number of carboxylic acids is 1. The summed E-state index contributed by atoms with van der Waals surface area (Å²) >= 11 is 0. The van der Waals surface area contributed by atoms with Crippen molar-refractivity contribution in [2.24, 2.45) is 0 Å². The summed E-state index contributed by atoms with van der Waals surface area (Å²) in [5.74, 6) is -0.583. The molecule has 0 amide bonds. The van der Waals surface area contributed by atoms with Crippen molar-refractivity contribution in [1.82, 2.24) is 9.38 Å². The molecule has 0 aromatic carbocycles. The summed E-state index contributed by atoms with van der Waals surface area (Å²) in [5, 5.41) is 9.04. The van der Waals surface area contributed by atoms with Gasteiger partial charge in [0, 0.05) is 6.20 Å². The molecule has 0 saturated heterocycles. The monoisotopic (exact) mass is 218 g/mol. The highest BCUT2D eigenvalue weighted by molar-refractivity contribution is 5.86. The van der Waals surface area contributed by atoms with E-state index in [1.54, 1.807) is 16.5 Å². The van der Waals surface area contributed by atoms with E-state index in [1.807, 2.05) is 12.3 Å². The van der Waals surface area contributed by atoms with E-state index in [0.29, 0.717) is 11.6 Å². The first-order valence-corrected chi connectivity index (χ1v) is 5.34. The van der Waals surface area contributed by atoms with Crippen LogP contribution in [0.5, 0.6) is 0 Å². The number of pyridine rings is 1. The smallest absolute Gasteiger partial charge is 0.352 e. The minimum absolute atomic E-state index is 0.250. The van der Waals surface area contributed by atoms with Gasteiger partial charge in [-0.1, -0.05) is 19.9 Å². The molecule has 4 nitrogen and oxygen atoms in total. The lowest BCUT2D eigenvalue weighted by atomic mass is 10.1. The number of carboxylic acid groups (broad SMARTS) is 1. The molecule has 1 atom stereocenters. The molecule has 2 heterocycles. The molecule has 4 heteroatoms. The van der Waals surface area contributed by atoms with Crippen LogP contribution in [0.1, 0.15) is 42.4 Å². The van der Waals surface area contributed by atoms with Crippen LogP contribution in [0.25, 0.3) is 5.65 Å². The van der Waals surface area contributed by atoms with Crippen molar-refractivity contribution in [3.8, 4) is 0 Å². The molecule has 0 spiro atoms. The first kappa shape index (κ1) is 10.7. The second-order valence-electron chi connectivity index (χ2n) is 3.92. The summed E-state index contributed by atoms with van der Waals surface area (Å²) in [7, 11) is 0. The van der Waals surface area contributed by atoms with Crippen LogP contribution in [0.2, 0.25) is 0 Å². The quantitative estimate of drug-likeness (QED) is 0.861. The van der Waals surface area contributed by atoms with Crippen molar-refractivity contribution in [3.63, 3.8) is 0 Å². The van der Waals surface area contributed by atoms with E-state index in [4.69, 9.17) is 5.11 Å². The van der Waals surface area contributed by atoms with Gasteiger partial charge in [0.05, 0.1) is 5.69 Å². The van der Waals surface area contributed by atoms with Gasteiger partial charge >= 0.3 is 5.97 Å². The summed E-state index contributed by atoms with van der Waals surface area (Å²) < 4.78 is 1.63. The highest BCUT2D eigenvalue weighted by Gasteiger charge is 2.12. The Hall–Kier alpha value is -1.84. The van der Waals surface area contributed by atoms with Crippen molar-refractivity contribution in [3.05, 3.63) is 35.8 Å². The van der Waals surface area contributed by atoms with E-state index in [2.05, 4.69) is 18.8 Å². The standard InChI is InChI=1S/C12H14N2O2/c1-3-8(2)9-7-14-10(12(15)16)5-4-6-11(14)13-9/h4-8H,3H2,1-2H3,(H,15,16). The number of hydrogen-bond donors (Lipinski definition) is 1. The third-order valence-electron chi connectivity index (χ3n) is 2.85. The summed E-state index contributed by atoms with van der Waals surface area (Å²) in [6.45, 7) is 4.18. The predicted molar refractivity (Wildman–Crippen MR) is 60.9 cm³/mol. The average Bonchev–Trinajstić information content (AvgIpc) is 2.70. The van der Waals surface area contributed by atoms with Crippen LogP contribution in [0, 0.1) is 0 Å². The van der Waals surface area contributed by atoms with Gasteiger partial charge in [-0.3, -0.25) is 4.40 Å². The van der Waals surface area contributed by atoms with Gasteiger partial charge in [0.2, 0.25) is 0 Å². The van der Waals surface area contributed by atoms with E-state index in [9.17, 15) is 4.79 Å². The molecule has 16 heavy (non-hydrogen) atoms. The Balaban J connectivity index is 2.61. The first-order valence-electron chi connectivity index (χ1n) is 5.34. The van der Waals surface area contributed by atoms with E-state index in [-0.39, 0.29) is 5.69 Å². The maximum absolute atomic E-state index is 11.0. The van der Waals surface area contributed by atoms with Crippen LogP contribution in [-0.2, 0) is 0 Å². The van der Waals surface area contributed by atoms with Crippen molar-refractivity contribution in [1.29, 1.82) is 0 Å². The zero-order chi connectivity index (χ0) is 11.7. The highest BCUT2D eigenvalue weighted by Crippen LogP contribution is 2.19. The SMILES string of the molecule is CCC(C)c1cn2c(C(=O)O)cccc2n1. The number of aromatic carboxylic acids is 1. The van der Waals surface area contributed by atoms with Crippen molar-refractivity contribution in [2.45, 2.75) is 26.2 Å². The predicted octanol–water partition coefficient (Wildman–Crippen LogP) is 2.55. The summed E-state index contributed by atoms with van der Waals surface area (Å²) in [6, 6.07) is 5.11. The van der Waals surface area contributed by atoms with E-state index in [1.165, 1.54) is 0 Å². The van der Waals surface area contributed by atoms with Gasteiger partial charge in [-0.05, 0) is 24.5 Å². The molecule has 0 fully saturated rings. The Kier molecular flexibility index (Phi) is 2.64. The van der Waals surface area contributed by atoms with Crippen LogP contribution in [0.4, 0.5) is 0 Å². The Morgan fingerprint density at radius 3 is 2.94 bits per heavy atom. The lowest BCUT2D eigenvalue weighted by molar-refractivity contribution is 0.0689. The summed E-state index contributed by atoms with van der Waals surface area (Å²) in [6.07, 6.45) is 2.80. The highest BCUT2D eigenvalue weighted by atomic mass is 16.4. The summed E-state index contributed by atoms with van der Waals surface area (Å²) in [4.78, 5) is 15.4. The minimum atomic E-state index is -0.932. The molecular weight excluding hydrogens is 204 g/mol. The van der Waals surface area contributed by atoms with Gasteiger partial charge in [-0.25, -0.2) is 9.78 Å². The van der Waals surface area contributed by atoms with E-state index in [0.717, 1.165) is 12.1 Å². The van der Waals surface area contributed by atoms with Crippen LogP contribution in [-0.4, -0.2) is 20.5 Å². The molecule has 0 aliphatic heterocycles. The number of imidazole rings is 1. The van der Waals surface area contributed by atoms with Gasteiger partial charge < -0.3 is 5.11 Å². The molecule has 1 unspecified atom stereocenters. The van der Waals surface area contributed by atoms with Crippen molar-refractivity contribution < 1.29 is 9.90 Å². The first-order chi connectivity index (χ1) is 7.63. The lowest BCUT2D eigenvalue weighted by Gasteiger charge is -2.01. The maximum atomic E-state index is 11.0. The van der Waals surface area contributed by atoms with Gasteiger partial charge in [0.25, 0.3) is 0 Å². The van der Waals surface area contributed by atoms with Gasteiger partial charge in [-0.15, -0.1) is 0 Å². The number of carbonyl (C=O) groups is 1. The Labute approximate surface area is 93.5 Å². The average molecular weight is 218 g/mol. The number of rotatable bonds is 3. The Morgan fingerprint density at radius 1 is 1.56 bits per heavy atom. The zero-order valence-corrected chi connectivity index (χ0v) is 9.34. The molecule has 2 aromatic heterocycles. The lowest BCUT2D eigenvalue weighted by Crippen LogP contribution is -2.03. The number of nitrogens with zero attached hydrogens (tertiary/aromatic N) is 2. The Bertz CT molecular complexity index is 531. The number of hydrogen-bond acceptors (Lipinski definition) is 2. The summed E-state index contributed by atoms with van der Waals surface area (Å²) in [5.41, 5.74) is 1.88. The van der Waals surface area contributed by atoms with Crippen LogP contribution < -0.4 is 0 Å². The van der Waals surface area contributed by atoms with Gasteiger partial charge in [-0.2, -0.15) is 0 Å². The fraction of sp³-hybridized carbons (Fsp3) is 0.333. The molecule has 0 aliphatic rings. The number of aromatic nitrogens is 2. The topological polar surface area (TPSA) is 54.6 Å². The second-order valence-corrected chi connectivity index (χ2v) is 3.92. The van der Waals surface area contributed by atoms with Crippen LogP contribution >= 0.6 is 0 Å². The fourth-order valence-corrected chi connectivity index (χ4v) is 1.65. The van der Waals surface area contributed by atoms with Crippen LogP contribution in [0.3, 0.4) is 0 Å². The minimum Gasteiger partial charge on any atom is -0.477 e. The second kappa shape index (κ2) is 3.96. The van der Waals surface area contributed by atoms with Crippen molar-refractivity contribution >= 4 is 11.6 Å². The molecule has 0 radical (unpaired) electrons. The molecule has 0 saturated carbocycles. The van der Waals surface area contributed by atoms with E-state index >= 15 is 0 Å². The Morgan fingerprint density at radius 2 is 2.31 bits per heavy atom. The third-order valence-corrected chi connectivity index (χ3v) is 2.85. The molecule has 0 bridgehead atoms. The molecule has 1 N–H and O–H groups in total. The molecule has 2 rings (SSSR count). The maximum Gasteiger partial charge on any atom is 0.352 e. The molecule has 0 aliphatic carbocycles. The zero-order valence-electron chi connectivity index (χ0n) is 9.34.